The van der Waals surface area contributed by atoms with Crippen molar-refractivity contribution in [2.45, 2.75) is 32.8 Å². The molecular weight excluding hydrogens is 264 g/mol. The van der Waals surface area contributed by atoms with Crippen molar-refractivity contribution >= 4 is 22.9 Å². The highest BCUT2D eigenvalue weighted by molar-refractivity contribution is 7.11. The van der Waals surface area contributed by atoms with E-state index in [0.717, 1.165) is 17.5 Å². The fourth-order valence-electron chi connectivity index (χ4n) is 1.85. The molecular formula is C15H17ClOS. The zero-order chi connectivity index (χ0) is 13.1. The molecule has 1 nitrogen and oxygen atoms in total. The van der Waals surface area contributed by atoms with Crippen LogP contribution in [0.3, 0.4) is 0 Å². The van der Waals surface area contributed by atoms with Gasteiger partial charge in [0.2, 0.25) is 0 Å². The van der Waals surface area contributed by atoms with Crippen LogP contribution in [0.4, 0.5) is 0 Å². The van der Waals surface area contributed by atoms with Crippen molar-refractivity contribution in [3.63, 3.8) is 0 Å². The average molecular weight is 281 g/mol. The Labute approximate surface area is 117 Å². The molecule has 96 valence electrons. The molecule has 0 aliphatic rings. The zero-order valence-corrected chi connectivity index (χ0v) is 12.2. The first-order valence-corrected chi connectivity index (χ1v) is 7.31. The molecule has 0 spiro atoms. The van der Waals surface area contributed by atoms with E-state index in [2.05, 4.69) is 19.1 Å². The summed E-state index contributed by atoms with van der Waals surface area (Å²) in [5, 5.41) is 10.9. The largest absolute Gasteiger partial charge is 0.388 e. The fourth-order valence-corrected chi connectivity index (χ4v) is 3.03. The molecule has 1 N–H and O–H groups in total. The summed E-state index contributed by atoms with van der Waals surface area (Å²) in [6.45, 7) is 4.11. The summed E-state index contributed by atoms with van der Waals surface area (Å²) < 4.78 is 0. The van der Waals surface area contributed by atoms with E-state index in [-0.39, 0.29) is 0 Å². The van der Waals surface area contributed by atoms with E-state index in [1.165, 1.54) is 9.75 Å². The first kappa shape index (κ1) is 13.6. The topological polar surface area (TPSA) is 20.2 Å². The fraction of sp³-hybridized carbons (Fsp3) is 0.333. The van der Waals surface area contributed by atoms with Crippen LogP contribution >= 0.6 is 22.9 Å². The van der Waals surface area contributed by atoms with Crippen LogP contribution in [0.1, 0.15) is 33.9 Å². The zero-order valence-electron chi connectivity index (χ0n) is 10.6. The second kappa shape index (κ2) is 5.87. The molecule has 0 saturated heterocycles. The Morgan fingerprint density at radius 3 is 2.56 bits per heavy atom. The summed E-state index contributed by atoms with van der Waals surface area (Å²) in [4.78, 5) is 2.58. The van der Waals surface area contributed by atoms with Gasteiger partial charge in [0.1, 0.15) is 0 Å². The Bertz CT molecular complexity index is 533. The van der Waals surface area contributed by atoms with E-state index >= 15 is 0 Å². The Morgan fingerprint density at radius 1 is 1.22 bits per heavy atom. The number of aryl methyl sites for hydroxylation is 2. The van der Waals surface area contributed by atoms with Gasteiger partial charge in [-0.2, -0.15) is 0 Å². The second-order valence-corrected chi connectivity index (χ2v) is 6.11. The highest BCUT2D eigenvalue weighted by atomic mass is 35.5. The van der Waals surface area contributed by atoms with Gasteiger partial charge in [-0.05, 0) is 42.7 Å². The van der Waals surface area contributed by atoms with Crippen LogP contribution in [0.15, 0.2) is 30.3 Å². The molecule has 1 aromatic heterocycles. The van der Waals surface area contributed by atoms with E-state index in [4.69, 9.17) is 11.6 Å². The third kappa shape index (κ3) is 3.14. The van der Waals surface area contributed by atoms with Gasteiger partial charge >= 0.3 is 0 Å². The summed E-state index contributed by atoms with van der Waals surface area (Å²) in [5.41, 5.74) is 1.93. The normalized spacial score (nSPS) is 12.7. The van der Waals surface area contributed by atoms with E-state index in [1.54, 1.807) is 11.3 Å². The SMILES string of the molecule is CCc1ccc(CC(O)c2ccc(C)c(Cl)c2)s1. The lowest BCUT2D eigenvalue weighted by Gasteiger charge is -2.11. The highest BCUT2D eigenvalue weighted by Gasteiger charge is 2.11. The number of hydrogen-bond acceptors (Lipinski definition) is 2. The Kier molecular flexibility index (Phi) is 4.44. The maximum atomic E-state index is 10.2. The molecule has 0 bridgehead atoms. The van der Waals surface area contributed by atoms with Crippen molar-refractivity contribution in [1.29, 1.82) is 0 Å². The molecule has 0 aliphatic carbocycles. The first-order valence-electron chi connectivity index (χ1n) is 6.12. The summed E-state index contributed by atoms with van der Waals surface area (Å²) >= 11 is 7.85. The van der Waals surface area contributed by atoms with E-state index in [1.807, 2.05) is 25.1 Å². The maximum Gasteiger partial charge on any atom is 0.0838 e. The summed E-state index contributed by atoms with van der Waals surface area (Å²) in [6.07, 6.45) is 1.23. The molecule has 0 aliphatic heterocycles. The predicted octanol–water partition coefficient (Wildman–Crippen LogP) is 4.55. The molecule has 0 saturated carbocycles. The standard InChI is InChI=1S/C15H17ClOS/c1-3-12-6-7-13(18-12)9-15(17)11-5-4-10(2)14(16)8-11/h4-8,15,17H,3,9H2,1-2H3. The van der Waals surface area contributed by atoms with Gasteiger partial charge in [0.05, 0.1) is 6.10 Å². The van der Waals surface area contributed by atoms with Crippen molar-refractivity contribution in [2.24, 2.45) is 0 Å². The lowest BCUT2D eigenvalue weighted by Crippen LogP contribution is -2.00. The third-order valence-electron chi connectivity index (χ3n) is 3.04. The van der Waals surface area contributed by atoms with E-state index < -0.39 is 6.10 Å². The first-order chi connectivity index (χ1) is 8.60. The molecule has 2 rings (SSSR count). The van der Waals surface area contributed by atoms with Crippen molar-refractivity contribution in [3.05, 3.63) is 56.2 Å². The lowest BCUT2D eigenvalue weighted by atomic mass is 10.0. The van der Waals surface area contributed by atoms with Crippen molar-refractivity contribution in [2.75, 3.05) is 0 Å². The van der Waals surface area contributed by atoms with Crippen molar-refractivity contribution in [3.8, 4) is 0 Å². The van der Waals surface area contributed by atoms with Gasteiger partial charge in [-0.15, -0.1) is 11.3 Å². The van der Waals surface area contributed by atoms with Gasteiger partial charge in [-0.3, -0.25) is 0 Å². The third-order valence-corrected chi connectivity index (χ3v) is 4.70. The molecule has 1 unspecified atom stereocenters. The minimum Gasteiger partial charge on any atom is -0.388 e. The van der Waals surface area contributed by atoms with Gasteiger partial charge in [0.15, 0.2) is 0 Å². The Hall–Kier alpha value is -0.830. The number of hydrogen-bond donors (Lipinski definition) is 1. The molecule has 1 atom stereocenters. The number of aliphatic hydroxyl groups excluding tert-OH is 1. The monoisotopic (exact) mass is 280 g/mol. The summed E-state index contributed by atoms with van der Waals surface area (Å²) in [6, 6.07) is 9.99. The van der Waals surface area contributed by atoms with Crippen molar-refractivity contribution in [1.82, 2.24) is 0 Å². The number of rotatable bonds is 4. The summed E-state index contributed by atoms with van der Waals surface area (Å²) in [7, 11) is 0. The molecule has 0 radical (unpaired) electrons. The van der Waals surface area contributed by atoms with E-state index in [0.29, 0.717) is 11.4 Å². The molecule has 0 fully saturated rings. The summed E-state index contributed by atoms with van der Waals surface area (Å²) in [5.74, 6) is 0. The van der Waals surface area contributed by atoms with Crippen LogP contribution in [0, 0.1) is 6.92 Å². The van der Waals surface area contributed by atoms with Gasteiger partial charge in [0, 0.05) is 21.2 Å². The molecule has 18 heavy (non-hydrogen) atoms. The van der Waals surface area contributed by atoms with Crippen LogP contribution in [0.25, 0.3) is 0 Å². The van der Waals surface area contributed by atoms with Crippen LogP contribution < -0.4 is 0 Å². The number of benzene rings is 1. The molecule has 3 heteroatoms. The number of halogens is 1. The second-order valence-electron chi connectivity index (χ2n) is 4.45. The molecule has 1 heterocycles. The average Bonchev–Trinajstić information content (AvgIpc) is 2.80. The van der Waals surface area contributed by atoms with Crippen LogP contribution in [0.2, 0.25) is 5.02 Å². The van der Waals surface area contributed by atoms with Gasteiger partial charge < -0.3 is 5.11 Å². The predicted molar refractivity (Wildman–Crippen MR) is 78.5 cm³/mol. The van der Waals surface area contributed by atoms with Crippen LogP contribution in [-0.2, 0) is 12.8 Å². The van der Waals surface area contributed by atoms with Gasteiger partial charge in [-0.25, -0.2) is 0 Å². The molecule has 2 aromatic rings. The highest BCUT2D eigenvalue weighted by Crippen LogP contribution is 2.26. The van der Waals surface area contributed by atoms with Gasteiger partial charge in [0.25, 0.3) is 0 Å². The minimum atomic E-state index is -0.480. The lowest BCUT2D eigenvalue weighted by molar-refractivity contribution is 0.179. The van der Waals surface area contributed by atoms with Gasteiger partial charge in [-0.1, -0.05) is 30.7 Å². The van der Waals surface area contributed by atoms with E-state index in [9.17, 15) is 5.11 Å². The quantitative estimate of drug-likeness (QED) is 0.871. The van der Waals surface area contributed by atoms with Crippen LogP contribution in [-0.4, -0.2) is 5.11 Å². The molecule has 1 aromatic carbocycles. The van der Waals surface area contributed by atoms with Crippen LogP contribution in [0.5, 0.6) is 0 Å². The maximum absolute atomic E-state index is 10.2. The Balaban J connectivity index is 2.11. The van der Waals surface area contributed by atoms with Crippen molar-refractivity contribution < 1.29 is 5.11 Å². The molecule has 0 amide bonds. The Morgan fingerprint density at radius 2 is 1.94 bits per heavy atom. The number of aliphatic hydroxyl groups is 1. The number of thiophene rings is 1. The smallest absolute Gasteiger partial charge is 0.0838 e. The minimum absolute atomic E-state index is 0.480.